The molecule has 2 unspecified atom stereocenters. The van der Waals surface area contributed by atoms with E-state index in [2.05, 4.69) is 44.3 Å². The van der Waals surface area contributed by atoms with Crippen molar-refractivity contribution in [1.82, 2.24) is 5.32 Å². The molecular formula is C15H23N. The minimum absolute atomic E-state index is 0.700. The van der Waals surface area contributed by atoms with Gasteiger partial charge in [0, 0.05) is 6.04 Å². The van der Waals surface area contributed by atoms with E-state index >= 15 is 0 Å². The van der Waals surface area contributed by atoms with Crippen LogP contribution >= 0.6 is 0 Å². The number of likely N-dealkylation sites (N-methyl/N-ethyl adjacent to an activating group) is 1. The van der Waals surface area contributed by atoms with Crippen LogP contribution in [0.4, 0.5) is 0 Å². The van der Waals surface area contributed by atoms with Crippen LogP contribution in [0.15, 0.2) is 18.2 Å². The summed E-state index contributed by atoms with van der Waals surface area (Å²) in [6.07, 6.45) is 4.06. The minimum atomic E-state index is 0.700. The van der Waals surface area contributed by atoms with Crippen LogP contribution in [0, 0.1) is 13.8 Å². The van der Waals surface area contributed by atoms with Crippen molar-refractivity contribution in [2.24, 2.45) is 0 Å². The Labute approximate surface area is 99.3 Å². The third-order valence-corrected chi connectivity index (χ3v) is 3.82. The van der Waals surface area contributed by atoms with Gasteiger partial charge in [-0.05, 0) is 50.3 Å². The first kappa shape index (κ1) is 11.7. The number of aryl methyl sites for hydroxylation is 2. The normalized spacial score (nSPS) is 24.9. The van der Waals surface area contributed by atoms with Gasteiger partial charge in [0.05, 0.1) is 0 Å². The van der Waals surface area contributed by atoms with Crippen molar-refractivity contribution in [3.63, 3.8) is 0 Å². The van der Waals surface area contributed by atoms with Gasteiger partial charge in [-0.3, -0.25) is 0 Å². The summed E-state index contributed by atoms with van der Waals surface area (Å²) < 4.78 is 0. The monoisotopic (exact) mass is 217 g/mol. The van der Waals surface area contributed by atoms with Crippen LogP contribution in [0.5, 0.6) is 0 Å². The molecule has 1 aromatic rings. The quantitative estimate of drug-likeness (QED) is 0.816. The van der Waals surface area contributed by atoms with E-state index in [-0.39, 0.29) is 0 Å². The Morgan fingerprint density at radius 2 is 2.06 bits per heavy atom. The second-order valence-corrected chi connectivity index (χ2v) is 5.06. The van der Waals surface area contributed by atoms with E-state index in [0.29, 0.717) is 6.04 Å². The Bertz CT molecular complexity index is 356. The number of benzene rings is 1. The molecule has 1 heteroatoms. The summed E-state index contributed by atoms with van der Waals surface area (Å²) in [6, 6.07) is 7.57. The van der Waals surface area contributed by atoms with Crippen molar-refractivity contribution in [3.8, 4) is 0 Å². The number of hydrogen-bond acceptors (Lipinski definition) is 1. The Balaban J connectivity index is 2.25. The lowest BCUT2D eigenvalue weighted by molar-refractivity contribution is 0.491. The maximum Gasteiger partial charge on any atom is 0.0136 e. The summed E-state index contributed by atoms with van der Waals surface area (Å²) in [5, 5.41) is 3.64. The number of rotatable bonds is 3. The predicted octanol–water partition coefficient (Wildman–Crippen LogP) is 3.55. The average Bonchev–Trinajstić information content (AvgIpc) is 2.70. The van der Waals surface area contributed by atoms with Gasteiger partial charge in [-0.25, -0.2) is 0 Å². The molecule has 1 aliphatic rings. The van der Waals surface area contributed by atoms with Gasteiger partial charge in [0.25, 0.3) is 0 Å². The van der Waals surface area contributed by atoms with E-state index in [1.165, 1.54) is 30.4 Å². The first-order valence-corrected chi connectivity index (χ1v) is 6.53. The van der Waals surface area contributed by atoms with E-state index in [9.17, 15) is 0 Å². The van der Waals surface area contributed by atoms with Gasteiger partial charge >= 0.3 is 0 Å². The fraction of sp³-hybridized carbons (Fsp3) is 0.600. The third-order valence-electron chi connectivity index (χ3n) is 3.82. The molecule has 88 valence electrons. The van der Waals surface area contributed by atoms with E-state index < -0.39 is 0 Å². The molecule has 1 fully saturated rings. The molecule has 0 saturated heterocycles. The van der Waals surface area contributed by atoms with Gasteiger partial charge in [0.2, 0.25) is 0 Å². The lowest BCUT2D eigenvalue weighted by Crippen LogP contribution is -2.31. The Morgan fingerprint density at radius 3 is 2.81 bits per heavy atom. The maximum atomic E-state index is 3.64. The van der Waals surface area contributed by atoms with Gasteiger partial charge in [-0.15, -0.1) is 0 Å². The van der Waals surface area contributed by atoms with Crippen LogP contribution in [-0.4, -0.2) is 12.6 Å². The molecule has 0 radical (unpaired) electrons. The highest BCUT2D eigenvalue weighted by atomic mass is 14.9. The SMILES string of the molecule is CCNC1CCCC1c1cc(C)ccc1C. The second kappa shape index (κ2) is 5.01. The maximum absolute atomic E-state index is 3.64. The molecule has 1 N–H and O–H groups in total. The minimum Gasteiger partial charge on any atom is -0.314 e. The second-order valence-electron chi connectivity index (χ2n) is 5.06. The Kier molecular flexibility index (Phi) is 3.65. The van der Waals surface area contributed by atoms with Crippen LogP contribution in [0.25, 0.3) is 0 Å². The summed E-state index contributed by atoms with van der Waals surface area (Å²) in [5.74, 6) is 0.736. The number of nitrogens with one attached hydrogen (secondary N) is 1. The van der Waals surface area contributed by atoms with E-state index in [1.807, 2.05) is 0 Å². The predicted molar refractivity (Wildman–Crippen MR) is 70.0 cm³/mol. The van der Waals surface area contributed by atoms with Crippen molar-refractivity contribution >= 4 is 0 Å². The van der Waals surface area contributed by atoms with E-state index in [4.69, 9.17) is 0 Å². The van der Waals surface area contributed by atoms with Crippen LogP contribution in [0.1, 0.15) is 48.8 Å². The van der Waals surface area contributed by atoms with Crippen molar-refractivity contribution in [2.45, 2.75) is 52.0 Å². The zero-order valence-corrected chi connectivity index (χ0v) is 10.7. The molecule has 1 aliphatic carbocycles. The topological polar surface area (TPSA) is 12.0 Å². The molecule has 0 aromatic heterocycles. The lowest BCUT2D eigenvalue weighted by Gasteiger charge is -2.22. The molecule has 0 amide bonds. The Morgan fingerprint density at radius 1 is 1.25 bits per heavy atom. The van der Waals surface area contributed by atoms with Gasteiger partial charge in [-0.2, -0.15) is 0 Å². The molecule has 1 aromatic carbocycles. The van der Waals surface area contributed by atoms with Crippen molar-refractivity contribution in [1.29, 1.82) is 0 Å². The highest BCUT2D eigenvalue weighted by Crippen LogP contribution is 2.36. The molecule has 1 saturated carbocycles. The molecule has 2 rings (SSSR count). The summed E-state index contributed by atoms with van der Waals surface area (Å²) >= 11 is 0. The van der Waals surface area contributed by atoms with Gasteiger partial charge in [0.1, 0.15) is 0 Å². The van der Waals surface area contributed by atoms with Crippen molar-refractivity contribution in [2.75, 3.05) is 6.54 Å². The zero-order valence-electron chi connectivity index (χ0n) is 10.7. The molecule has 0 heterocycles. The smallest absolute Gasteiger partial charge is 0.0136 e. The van der Waals surface area contributed by atoms with Gasteiger partial charge in [-0.1, -0.05) is 37.1 Å². The van der Waals surface area contributed by atoms with Crippen LogP contribution < -0.4 is 5.32 Å². The van der Waals surface area contributed by atoms with Crippen LogP contribution in [-0.2, 0) is 0 Å². The summed E-state index contributed by atoms with van der Waals surface area (Å²) in [6.45, 7) is 7.74. The van der Waals surface area contributed by atoms with Crippen molar-refractivity contribution in [3.05, 3.63) is 34.9 Å². The molecule has 0 bridgehead atoms. The first-order chi connectivity index (χ1) is 7.72. The molecule has 16 heavy (non-hydrogen) atoms. The van der Waals surface area contributed by atoms with Gasteiger partial charge < -0.3 is 5.32 Å². The molecular weight excluding hydrogens is 194 g/mol. The number of hydrogen-bond donors (Lipinski definition) is 1. The fourth-order valence-corrected chi connectivity index (χ4v) is 3.00. The van der Waals surface area contributed by atoms with Crippen molar-refractivity contribution < 1.29 is 0 Å². The highest BCUT2D eigenvalue weighted by Gasteiger charge is 2.28. The van der Waals surface area contributed by atoms with Crippen LogP contribution in [0.2, 0.25) is 0 Å². The average molecular weight is 217 g/mol. The molecule has 0 spiro atoms. The lowest BCUT2D eigenvalue weighted by atomic mass is 9.89. The Hall–Kier alpha value is -0.820. The molecule has 1 nitrogen and oxygen atoms in total. The van der Waals surface area contributed by atoms with E-state index in [0.717, 1.165) is 12.5 Å². The summed E-state index contributed by atoms with van der Waals surface area (Å²) in [5.41, 5.74) is 4.42. The standard InChI is InChI=1S/C15H23N/c1-4-16-15-7-5-6-13(15)14-10-11(2)8-9-12(14)3/h8-10,13,15-16H,4-7H2,1-3H3. The van der Waals surface area contributed by atoms with E-state index in [1.54, 1.807) is 5.56 Å². The summed E-state index contributed by atoms with van der Waals surface area (Å²) in [7, 11) is 0. The summed E-state index contributed by atoms with van der Waals surface area (Å²) in [4.78, 5) is 0. The highest BCUT2D eigenvalue weighted by molar-refractivity contribution is 5.35. The molecule has 0 aliphatic heterocycles. The fourth-order valence-electron chi connectivity index (χ4n) is 3.00. The van der Waals surface area contributed by atoms with Crippen LogP contribution in [0.3, 0.4) is 0 Å². The largest absolute Gasteiger partial charge is 0.314 e. The molecule has 2 atom stereocenters. The zero-order chi connectivity index (χ0) is 11.5. The third kappa shape index (κ3) is 2.30. The van der Waals surface area contributed by atoms with Gasteiger partial charge in [0.15, 0.2) is 0 Å². The first-order valence-electron chi connectivity index (χ1n) is 6.53.